The van der Waals surface area contributed by atoms with Crippen LogP contribution >= 0.6 is 0 Å². The summed E-state index contributed by atoms with van der Waals surface area (Å²) in [6, 6.07) is 0. The molecule has 19 heavy (non-hydrogen) atoms. The highest BCUT2D eigenvalue weighted by Crippen LogP contribution is 2.05. The van der Waals surface area contributed by atoms with Gasteiger partial charge in [0.2, 0.25) is 5.91 Å². The van der Waals surface area contributed by atoms with Gasteiger partial charge in [0.05, 0.1) is 13.1 Å². The number of amides is 1. The molecule has 0 heterocycles. The first-order chi connectivity index (χ1) is 8.76. The van der Waals surface area contributed by atoms with Gasteiger partial charge in [-0.15, -0.1) is 0 Å². The number of nitrogens with zero attached hydrogens (tertiary/aromatic N) is 2. The molecule has 0 saturated heterocycles. The van der Waals surface area contributed by atoms with Gasteiger partial charge in [0.25, 0.3) is 0 Å². The van der Waals surface area contributed by atoms with E-state index >= 15 is 0 Å². The van der Waals surface area contributed by atoms with E-state index in [-0.39, 0.29) is 19.0 Å². The van der Waals surface area contributed by atoms with Gasteiger partial charge >= 0.3 is 5.97 Å². The first-order valence-electron chi connectivity index (χ1n) is 6.98. The summed E-state index contributed by atoms with van der Waals surface area (Å²) < 4.78 is 0. The van der Waals surface area contributed by atoms with Crippen molar-refractivity contribution in [2.45, 2.75) is 34.6 Å². The van der Waals surface area contributed by atoms with Crippen molar-refractivity contribution in [3.05, 3.63) is 0 Å². The van der Waals surface area contributed by atoms with Crippen LogP contribution in [0.5, 0.6) is 0 Å². The second-order valence-corrected chi connectivity index (χ2v) is 5.78. The third-order valence-corrected chi connectivity index (χ3v) is 2.69. The fourth-order valence-corrected chi connectivity index (χ4v) is 1.92. The van der Waals surface area contributed by atoms with Gasteiger partial charge in [0.15, 0.2) is 0 Å². The summed E-state index contributed by atoms with van der Waals surface area (Å²) in [6.07, 6.45) is 0. The van der Waals surface area contributed by atoms with Crippen LogP contribution in [0.25, 0.3) is 0 Å². The lowest BCUT2D eigenvalue weighted by atomic mass is 10.1. The number of carbonyl (C=O) groups excluding carboxylic acids is 1. The number of likely N-dealkylation sites (N-methyl/N-ethyl adjacent to an activating group) is 1. The molecule has 0 saturated carbocycles. The molecule has 1 amide bonds. The van der Waals surface area contributed by atoms with E-state index < -0.39 is 5.97 Å². The standard InChI is InChI=1S/C14H28N2O3/c1-6-15(10-14(18)19)9-13(17)16(7-11(2)3)8-12(4)5/h11-12H,6-10H2,1-5H3,(H,18,19). The molecule has 0 radical (unpaired) electrons. The Hall–Kier alpha value is -1.10. The Kier molecular flexibility index (Phi) is 8.39. The zero-order valence-corrected chi connectivity index (χ0v) is 12.8. The van der Waals surface area contributed by atoms with Crippen molar-refractivity contribution < 1.29 is 14.7 Å². The van der Waals surface area contributed by atoms with Crippen molar-refractivity contribution in [3.63, 3.8) is 0 Å². The maximum atomic E-state index is 12.3. The number of carboxylic acid groups (broad SMARTS) is 1. The molecule has 0 aliphatic rings. The molecule has 112 valence electrons. The Bertz CT molecular complexity index is 280. The van der Waals surface area contributed by atoms with Crippen LogP contribution in [-0.4, -0.2) is 59.5 Å². The highest BCUT2D eigenvalue weighted by molar-refractivity contribution is 5.79. The lowest BCUT2D eigenvalue weighted by molar-refractivity contribution is -0.140. The van der Waals surface area contributed by atoms with Crippen LogP contribution in [0.2, 0.25) is 0 Å². The number of carboxylic acids is 1. The van der Waals surface area contributed by atoms with E-state index in [0.29, 0.717) is 18.4 Å². The van der Waals surface area contributed by atoms with Crippen LogP contribution in [0.3, 0.4) is 0 Å². The SMILES string of the molecule is CCN(CC(=O)O)CC(=O)N(CC(C)C)CC(C)C. The first kappa shape index (κ1) is 17.9. The molecule has 0 aromatic rings. The summed E-state index contributed by atoms with van der Waals surface area (Å²) in [5, 5.41) is 8.79. The quantitative estimate of drug-likeness (QED) is 0.691. The molecular formula is C14H28N2O3. The molecule has 0 unspecified atom stereocenters. The van der Waals surface area contributed by atoms with Gasteiger partial charge in [-0.1, -0.05) is 34.6 Å². The zero-order chi connectivity index (χ0) is 15.0. The van der Waals surface area contributed by atoms with Gasteiger partial charge in [-0.25, -0.2) is 0 Å². The topological polar surface area (TPSA) is 60.9 Å². The maximum Gasteiger partial charge on any atom is 0.317 e. The van der Waals surface area contributed by atoms with Crippen molar-refractivity contribution in [1.82, 2.24) is 9.80 Å². The molecule has 0 spiro atoms. The lowest BCUT2D eigenvalue weighted by Gasteiger charge is -2.29. The minimum atomic E-state index is -0.895. The van der Waals surface area contributed by atoms with Crippen LogP contribution < -0.4 is 0 Å². The van der Waals surface area contributed by atoms with E-state index in [2.05, 4.69) is 27.7 Å². The van der Waals surface area contributed by atoms with Crippen molar-refractivity contribution in [2.24, 2.45) is 11.8 Å². The van der Waals surface area contributed by atoms with Gasteiger partial charge in [0.1, 0.15) is 0 Å². The highest BCUT2D eigenvalue weighted by Gasteiger charge is 2.19. The Balaban J connectivity index is 4.55. The number of aliphatic carboxylic acids is 1. The summed E-state index contributed by atoms with van der Waals surface area (Å²) >= 11 is 0. The monoisotopic (exact) mass is 272 g/mol. The number of carbonyl (C=O) groups is 2. The Morgan fingerprint density at radius 2 is 1.47 bits per heavy atom. The summed E-state index contributed by atoms with van der Waals surface area (Å²) in [5.41, 5.74) is 0. The van der Waals surface area contributed by atoms with Crippen LogP contribution in [0.1, 0.15) is 34.6 Å². The van der Waals surface area contributed by atoms with Gasteiger partial charge in [-0.2, -0.15) is 0 Å². The Morgan fingerprint density at radius 1 is 1.00 bits per heavy atom. The van der Waals surface area contributed by atoms with Gasteiger partial charge in [-0.05, 0) is 18.4 Å². The van der Waals surface area contributed by atoms with E-state index in [1.807, 2.05) is 11.8 Å². The predicted molar refractivity (Wildman–Crippen MR) is 76.0 cm³/mol. The van der Waals surface area contributed by atoms with E-state index in [9.17, 15) is 9.59 Å². The molecule has 5 nitrogen and oxygen atoms in total. The van der Waals surface area contributed by atoms with Crippen LogP contribution in [0, 0.1) is 11.8 Å². The normalized spacial score (nSPS) is 11.4. The van der Waals surface area contributed by atoms with Crippen LogP contribution in [-0.2, 0) is 9.59 Å². The third kappa shape index (κ3) is 8.59. The fraction of sp³-hybridized carbons (Fsp3) is 0.857. The molecule has 0 aromatic heterocycles. The molecule has 5 heteroatoms. The zero-order valence-electron chi connectivity index (χ0n) is 12.8. The van der Waals surface area contributed by atoms with Crippen molar-refractivity contribution in [2.75, 3.05) is 32.7 Å². The molecule has 0 atom stereocenters. The van der Waals surface area contributed by atoms with Gasteiger partial charge < -0.3 is 10.0 Å². The van der Waals surface area contributed by atoms with Crippen molar-refractivity contribution in [3.8, 4) is 0 Å². The van der Waals surface area contributed by atoms with Crippen molar-refractivity contribution >= 4 is 11.9 Å². The van der Waals surface area contributed by atoms with E-state index in [1.165, 1.54) is 0 Å². The minimum absolute atomic E-state index is 0.0190. The fourth-order valence-electron chi connectivity index (χ4n) is 1.92. The first-order valence-corrected chi connectivity index (χ1v) is 6.98. The molecule has 0 aliphatic heterocycles. The van der Waals surface area contributed by atoms with E-state index in [4.69, 9.17) is 5.11 Å². The predicted octanol–water partition coefficient (Wildman–Crippen LogP) is 1.53. The maximum absolute atomic E-state index is 12.3. The largest absolute Gasteiger partial charge is 0.480 e. The van der Waals surface area contributed by atoms with Crippen LogP contribution in [0.15, 0.2) is 0 Å². The average molecular weight is 272 g/mol. The Labute approximate surface area is 116 Å². The molecule has 0 rings (SSSR count). The average Bonchev–Trinajstić information content (AvgIpc) is 2.25. The second-order valence-electron chi connectivity index (χ2n) is 5.78. The van der Waals surface area contributed by atoms with Gasteiger partial charge in [-0.3, -0.25) is 14.5 Å². The molecular weight excluding hydrogens is 244 g/mol. The molecule has 0 fully saturated rings. The number of hydrogen-bond acceptors (Lipinski definition) is 3. The van der Waals surface area contributed by atoms with Gasteiger partial charge in [0, 0.05) is 13.1 Å². The van der Waals surface area contributed by atoms with E-state index in [0.717, 1.165) is 13.1 Å². The lowest BCUT2D eigenvalue weighted by Crippen LogP contribution is -2.44. The molecule has 0 aliphatic carbocycles. The number of hydrogen-bond donors (Lipinski definition) is 1. The molecule has 0 aromatic carbocycles. The smallest absolute Gasteiger partial charge is 0.317 e. The second kappa shape index (κ2) is 8.91. The summed E-state index contributed by atoms with van der Waals surface area (Å²) in [6.45, 7) is 12.3. The third-order valence-electron chi connectivity index (χ3n) is 2.69. The van der Waals surface area contributed by atoms with Crippen molar-refractivity contribution in [1.29, 1.82) is 0 Å². The summed E-state index contributed by atoms with van der Waals surface area (Å²) in [5.74, 6) is -0.0473. The molecule has 1 N–H and O–H groups in total. The van der Waals surface area contributed by atoms with Crippen LogP contribution in [0.4, 0.5) is 0 Å². The highest BCUT2D eigenvalue weighted by atomic mass is 16.4. The summed E-state index contributed by atoms with van der Waals surface area (Å²) in [7, 11) is 0. The summed E-state index contributed by atoms with van der Waals surface area (Å²) in [4.78, 5) is 26.5. The minimum Gasteiger partial charge on any atom is -0.480 e. The molecule has 0 bridgehead atoms. The Morgan fingerprint density at radius 3 is 1.79 bits per heavy atom. The number of rotatable bonds is 9. The van der Waals surface area contributed by atoms with E-state index in [1.54, 1.807) is 4.90 Å².